The van der Waals surface area contributed by atoms with Crippen molar-refractivity contribution in [1.82, 2.24) is 0 Å². The molecule has 1 aliphatic rings. The first kappa shape index (κ1) is 13.6. The predicted octanol–water partition coefficient (Wildman–Crippen LogP) is 3.16. The smallest absolute Gasteiger partial charge is 0.408 e. The highest BCUT2D eigenvalue weighted by molar-refractivity contribution is 6.61. The largest absolute Gasteiger partial charge is 0.494 e. The molecule has 1 fully saturated rings. The summed E-state index contributed by atoms with van der Waals surface area (Å²) in [6.07, 6.45) is 8.00. The zero-order valence-electron chi connectivity index (χ0n) is 11.3. The average molecular weight is 246 g/mol. The second-order valence-electron chi connectivity index (χ2n) is 4.95. The van der Waals surface area contributed by atoms with Gasteiger partial charge >= 0.3 is 7.12 Å². The fraction of sp³-hybridized carbons (Fsp3) is 0.600. The third kappa shape index (κ3) is 4.15. The molecule has 1 saturated carbocycles. The van der Waals surface area contributed by atoms with E-state index in [1.807, 2.05) is 25.1 Å². The fourth-order valence-electron chi connectivity index (χ4n) is 2.53. The molecule has 2 nitrogen and oxygen atoms in total. The van der Waals surface area contributed by atoms with E-state index < -0.39 is 0 Å². The molecule has 0 aromatic heterocycles. The monoisotopic (exact) mass is 246 g/mol. The van der Waals surface area contributed by atoms with Crippen LogP contribution in [0.15, 0.2) is 30.3 Å². The lowest BCUT2D eigenvalue weighted by atomic mass is 9.78. The Hall–Kier alpha value is -0.795. The van der Waals surface area contributed by atoms with Gasteiger partial charge in [-0.25, -0.2) is 0 Å². The molecule has 0 amide bonds. The molecule has 0 spiro atoms. The van der Waals surface area contributed by atoms with E-state index in [-0.39, 0.29) is 7.12 Å². The van der Waals surface area contributed by atoms with E-state index in [9.17, 15) is 0 Å². The lowest BCUT2D eigenvalue weighted by molar-refractivity contribution is 0.135. The van der Waals surface area contributed by atoms with Gasteiger partial charge in [0.15, 0.2) is 0 Å². The van der Waals surface area contributed by atoms with Gasteiger partial charge in [0.25, 0.3) is 0 Å². The summed E-state index contributed by atoms with van der Waals surface area (Å²) in [5.41, 5.74) is 1.13. The van der Waals surface area contributed by atoms with Gasteiger partial charge in [0, 0.05) is 12.7 Å². The van der Waals surface area contributed by atoms with Gasteiger partial charge in [0.1, 0.15) is 0 Å². The lowest BCUT2D eigenvalue weighted by Gasteiger charge is -2.21. The third-order valence-corrected chi connectivity index (χ3v) is 3.51. The number of benzene rings is 1. The van der Waals surface area contributed by atoms with Gasteiger partial charge in [-0.3, -0.25) is 0 Å². The minimum absolute atomic E-state index is 0.195. The molecule has 0 N–H and O–H groups in total. The molecule has 2 rings (SSSR count). The molecular weight excluding hydrogens is 223 g/mol. The normalized spacial score (nSPS) is 17.4. The molecule has 3 heteroatoms. The van der Waals surface area contributed by atoms with Crippen LogP contribution in [0, 0.1) is 0 Å². The summed E-state index contributed by atoms with van der Waals surface area (Å²) in [5.74, 6) is 0. The quantitative estimate of drug-likeness (QED) is 0.587. The van der Waals surface area contributed by atoms with E-state index in [0.29, 0.717) is 12.7 Å². The van der Waals surface area contributed by atoms with Crippen LogP contribution in [-0.2, 0) is 9.31 Å². The van der Waals surface area contributed by atoms with Crippen LogP contribution in [0.2, 0.25) is 0 Å². The first-order chi connectivity index (χ1) is 8.90. The highest BCUT2D eigenvalue weighted by Crippen LogP contribution is 2.20. The van der Waals surface area contributed by atoms with Crippen molar-refractivity contribution in [1.29, 1.82) is 0 Å². The molecule has 0 aliphatic heterocycles. The van der Waals surface area contributed by atoms with Gasteiger partial charge in [-0.15, -0.1) is 0 Å². The van der Waals surface area contributed by atoms with Crippen LogP contribution in [0.4, 0.5) is 0 Å². The highest BCUT2D eigenvalue weighted by Gasteiger charge is 2.25. The molecule has 0 heterocycles. The predicted molar refractivity (Wildman–Crippen MR) is 76.0 cm³/mol. The minimum Gasteiger partial charge on any atom is -0.408 e. The van der Waals surface area contributed by atoms with E-state index in [1.54, 1.807) is 0 Å². The summed E-state index contributed by atoms with van der Waals surface area (Å²) in [6, 6.07) is 10.3. The topological polar surface area (TPSA) is 18.5 Å². The summed E-state index contributed by atoms with van der Waals surface area (Å²) < 4.78 is 11.9. The maximum Gasteiger partial charge on any atom is 0.494 e. The van der Waals surface area contributed by atoms with Gasteiger partial charge in [-0.2, -0.15) is 0 Å². The lowest BCUT2D eigenvalue weighted by Crippen LogP contribution is -2.40. The molecule has 1 aliphatic carbocycles. The van der Waals surface area contributed by atoms with Gasteiger partial charge in [-0.1, -0.05) is 56.0 Å². The van der Waals surface area contributed by atoms with Gasteiger partial charge in [0.2, 0.25) is 0 Å². The van der Waals surface area contributed by atoms with Crippen LogP contribution >= 0.6 is 0 Å². The van der Waals surface area contributed by atoms with Crippen LogP contribution in [0.1, 0.15) is 45.4 Å². The van der Waals surface area contributed by atoms with Crippen molar-refractivity contribution in [2.75, 3.05) is 6.61 Å². The van der Waals surface area contributed by atoms with E-state index in [2.05, 4.69) is 12.1 Å². The molecule has 0 bridgehead atoms. The Morgan fingerprint density at radius 3 is 2.33 bits per heavy atom. The van der Waals surface area contributed by atoms with Crippen LogP contribution in [0.25, 0.3) is 0 Å². The van der Waals surface area contributed by atoms with Crippen molar-refractivity contribution in [2.24, 2.45) is 0 Å². The minimum atomic E-state index is -0.195. The van der Waals surface area contributed by atoms with Crippen LogP contribution in [0.3, 0.4) is 0 Å². The van der Waals surface area contributed by atoms with Crippen molar-refractivity contribution in [3.05, 3.63) is 30.3 Å². The Balaban J connectivity index is 1.97. The second-order valence-corrected chi connectivity index (χ2v) is 4.95. The van der Waals surface area contributed by atoms with Crippen LogP contribution < -0.4 is 5.46 Å². The molecule has 0 saturated heterocycles. The van der Waals surface area contributed by atoms with Crippen molar-refractivity contribution in [3.8, 4) is 0 Å². The summed E-state index contributed by atoms with van der Waals surface area (Å²) in [6.45, 7) is 2.71. The zero-order chi connectivity index (χ0) is 12.6. The zero-order valence-corrected chi connectivity index (χ0v) is 11.3. The Bertz CT molecular complexity index is 321. The maximum absolute atomic E-state index is 6.18. The summed E-state index contributed by atoms with van der Waals surface area (Å²) >= 11 is 0. The van der Waals surface area contributed by atoms with Crippen molar-refractivity contribution in [3.63, 3.8) is 0 Å². The SMILES string of the molecule is CCOB(OC1CCCCCC1)c1ccccc1. The van der Waals surface area contributed by atoms with Crippen LogP contribution in [-0.4, -0.2) is 19.8 Å². The highest BCUT2D eigenvalue weighted by atomic mass is 16.6. The molecule has 1 aromatic rings. The van der Waals surface area contributed by atoms with E-state index in [0.717, 1.165) is 5.46 Å². The molecule has 0 atom stereocenters. The van der Waals surface area contributed by atoms with E-state index in [1.165, 1.54) is 38.5 Å². The second kappa shape index (κ2) is 7.60. The average Bonchev–Trinajstić information content (AvgIpc) is 2.68. The van der Waals surface area contributed by atoms with Gasteiger partial charge in [0.05, 0.1) is 0 Å². The van der Waals surface area contributed by atoms with E-state index >= 15 is 0 Å². The first-order valence-corrected chi connectivity index (χ1v) is 7.22. The van der Waals surface area contributed by atoms with Crippen molar-refractivity contribution < 1.29 is 9.31 Å². The molecule has 18 heavy (non-hydrogen) atoms. The summed E-state index contributed by atoms with van der Waals surface area (Å²) in [7, 11) is -0.195. The molecule has 0 unspecified atom stereocenters. The fourth-order valence-corrected chi connectivity index (χ4v) is 2.53. The molecule has 98 valence electrons. The number of hydrogen-bond donors (Lipinski definition) is 0. The van der Waals surface area contributed by atoms with Gasteiger partial charge < -0.3 is 9.31 Å². The van der Waals surface area contributed by atoms with Crippen molar-refractivity contribution in [2.45, 2.75) is 51.6 Å². The standard InChI is InChI=1S/C15H23BO2/c1-2-17-16(14-10-6-5-7-11-14)18-15-12-8-3-4-9-13-15/h5-7,10-11,15H,2-4,8-9,12-13H2,1H3. The Morgan fingerprint density at radius 2 is 1.72 bits per heavy atom. The summed E-state index contributed by atoms with van der Waals surface area (Å²) in [5, 5.41) is 0. The summed E-state index contributed by atoms with van der Waals surface area (Å²) in [4.78, 5) is 0. The molecule has 0 radical (unpaired) electrons. The maximum atomic E-state index is 6.18. The Kier molecular flexibility index (Phi) is 5.75. The Labute approximate surface area is 111 Å². The first-order valence-electron chi connectivity index (χ1n) is 7.22. The molecular formula is C15H23BO2. The van der Waals surface area contributed by atoms with Crippen molar-refractivity contribution >= 4 is 12.6 Å². The Morgan fingerprint density at radius 1 is 1.06 bits per heavy atom. The van der Waals surface area contributed by atoms with E-state index in [4.69, 9.17) is 9.31 Å². The van der Waals surface area contributed by atoms with Gasteiger partial charge in [-0.05, 0) is 25.2 Å². The van der Waals surface area contributed by atoms with Crippen LogP contribution in [0.5, 0.6) is 0 Å². The number of hydrogen-bond acceptors (Lipinski definition) is 2. The number of rotatable bonds is 5. The molecule has 1 aromatic carbocycles. The third-order valence-electron chi connectivity index (χ3n) is 3.51.